The third-order valence-electron chi connectivity index (χ3n) is 3.29. The van der Waals surface area contributed by atoms with Crippen LogP contribution in [0.5, 0.6) is 0 Å². The van der Waals surface area contributed by atoms with Gasteiger partial charge >= 0.3 is 6.09 Å². The summed E-state index contributed by atoms with van der Waals surface area (Å²) in [6.45, 7) is 6.75. The third kappa shape index (κ3) is 4.42. The molecule has 7 heteroatoms. The first-order valence-electron chi connectivity index (χ1n) is 7.06. The molecule has 6 nitrogen and oxygen atoms in total. The molecule has 2 heterocycles. The number of hydrogen-bond donors (Lipinski definition) is 2. The van der Waals surface area contributed by atoms with Gasteiger partial charge in [-0.1, -0.05) is 0 Å². The molecule has 116 valence electrons. The van der Waals surface area contributed by atoms with E-state index in [-0.39, 0.29) is 17.6 Å². The molecule has 0 saturated carbocycles. The van der Waals surface area contributed by atoms with Crippen LogP contribution in [0.4, 0.5) is 4.79 Å². The fourth-order valence-electron chi connectivity index (χ4n) is 2.43. The number of rotatable bonds is 1. The lowest BCUT2D eigenvalue weighted by Crippen LogP contribution is -2.42. The Morgan fingerprint density at radius 3 is 2.76 bits per heavy atom. The maximum Gasteiger partial charge on any atom is 0.410 e. The molecule has 0 bridgehead atoms. The van der Waals surface area contributed by atoms with E-state index in [1.807, 2.05) is 20.8 Å². The van der Waals surface area contributed by atoms with Crippen molar-refractivity contribution in [1.82, 2.24) is 14.9 Å². The minimum Gasteiger partial charge on any atom is -0.444 e. The molecule has 1 aliphatic heterocycles. The first-order chi connectivity index (χ1) is 9.74. The summed E-state index contributed by atoms with van der Waals surface area (Å²) in [7, 11) is 0. The van der Waals surface area contributed by atoms with Crippen LogP contribution < -0.4 is 5.56 Å². The van der Waals surface area contributed by atoms with Crippen LogP contribution >= 0.6 is 12.2 Å². The van der Waals surface area contributed by atoms with Gasteiger partial charge < -0.3 is 14.6 Å². The number of aromatic amines is 2. The number of hydrogen-bond acceptors (Lipinski definition) is 4. The van der Waals surface area contributed by atoms with Gasteiger partial charge in [-0.05, 0) is 45.8 Å². The molecular formula is C14H21N3O3S. The van der Waals surface area contributed by atoms with Gasteiger partial charge in [0, 0.05) is 30.8 Å². The Balaban J connectivity index is 2.12. The number of H-pyrrole nitrogens is 2. The van der Waals surface area contributed by atoms with Crippen LogP contribution in [0.3, 0.4) is 0 Å². The Morgan fingerprint density at radius 1 is 1.43 bits per heavy atom. The fraction of sp³-hybridized carbons (Fsp3) is 0.643. The van der Waals surface area contributed by atoms with Gasteiger partial charge in [-0.3, -0.25) is 9.78 Å². The molecule has 0 aromatic carbocycles. The average molecular weight is 311 g/mol. The minimum absolute atomic E-state index is 0.0790. The number of carbonyl (C=O) groups is 1. The van der Waals surface area contributed by atoms with Crippen molar-refractivity contribution in [3.05, 3.63) is 26.9 Å². The summed E-state index contributed by atoms with van der Waals surface area (Å²) in [5, 5.41) is 0. The van der Waals surface area contributed by atoms with Crippen molar-refractivity contribution >= 4 is 18.3 Å². The molecule has 1 atom stereocenters. The van der Waals surface area contributed by atoms with Crippen molar-refractivity contribution in [3.63, 3.8) is 0 Å². The van der Waals surface area contributed by atoms with Crippen LogP contribution in [0.15, 0.2) is 10.9 Å². The Morgan fingerprint density at radius 2 is 2.14 bits per heavy atom. The number of nitrogens with zero attached hydrogens (tertiary/aromatic N) is 1. The predicted molar refractivity (Wildman–Crippen MR) is 82.0 cm³/mol. The molecule has 21 heavy (non-hydrogen) atoms. The van der Waals surface area contributed by atoms with Crippen molar-refractivity contribution in [3.8, 4) is 0 Å². The zero-order valence-corrected chi connectivity index (χ0v) is 13.4. The summed E-state index contributed by atoms with van der Waals surface area (Å²) in [6, 6.07) is 1.51. The third-order valence-corrected chi connectivity index (χ3v) is 3.50. The van der Waals surface area contributed by atoms with Crippen LogP contribution in [0.25, 0.3) is 0 Å². The Hall–Kier alpha value is -1.63. The van der Waals surface area contributed by atoms with E-state index in [1.54, 1.807) is 4.90 Å². The molecule has 1 saturated heterocycles. The van der Waals surface area contributed by atoms with Gasteiger partial charge in [-0.15, -0.1) is 0 Å². The lowest BCUT2D eigenvalue weighted by atomic mass is 9.95. The number of ether oxygens (including phenoxy) is 1. The number of piperidine rings is 1. The molecule has 2 rings (SSSR count). The molecule has 1 amide bonds. The molecule has 1 aromatic rings. The van der Waals surface area contributed by atoms with E-state index in [1.165, 1.54) is 6.07 Å². The average Bonchev–Trinajstić information content (AvgIpc) is 2.36. The van der Waals surface area contributed by atoms with Crippen LogP contribution in [-0.4, -0.2) is 39.7 Å². The normalized spacial score (nSPS) is 19.4. The quantitative estimate of drug-likeness (QED) is 0.781. The first-order valence-corrected chi connectivity index (χ1v) is 7.47. The van der Waals surface area contributed by atoms with E-state index in [2.05, 4.69) is 9.97 Å². The summed E-state index contributed by atoms with van der Waals surface area (Å²) < 4.78 is 5.71. The standard InChI is InChI=1S/C14H21N3O3S/c1-14(2,3)20-13(19)17-6-4-5-9(8-17)10-7-11(18)16-12(21)15-10/h7,9H,4-6,8H2,1-3H3,(H2,15,16,18,21). The van der Waals surface area contributed by atoms with Crippen molar-refractivity contribution in [2.45, 2.75) is 45.1 Å². The van der Waals surface area contributed by atoms with Gasteiger partial charge in [-0.25, -0.2) is 4.79 Å². The molecule has 1 aliphatic rings. The van der Waals surface area contributed by atoms with Gasteiger partial charge in [-0.2, -0.15) is 0 Å². The highest BCUT2D eigenvalue weighted by Crippen LogP contribution is 2.25. The zero-order chi connectivity index (χ0) is 15.6. The highest BCUT2D eigenvalue weighted by molar-refractivity contribution is 7.71. The molecule has 0 spiro atoms. The number of nitrogens with one attached hydrogen (secondary N) is 2. The molecule has 1 unspecified atom stereocenters. The second kappa shape index (κ2) is 6.01. The van der Waals surface area contributed by atoms with Gasteiger partial charge in [0.2, 0.25) is 0 Å². The van der Waals surface area contributed by atoms with Gasteiger partial charge in [0.25, 0.3) is 5.56 Å². The maximum absolute atomic E-state index is 12.1. The highest BCUT2D eigenvalue weighted by Gasteiger charge is 2.28. The molecule has 1 aromatic heterocycles. The number of carbonyl (C=O) groups excluding carboxylic acids is 1. The monoisotopic (exact) mass is 311 g/mol. The van der Waals surface area contributed by atoms with E-state index in [0.717, 1.165) is 18.5 Å². The van der Waals surface area contributed by atoms with Gasteiger partial charge in [0.15, 0.2) is 4.77 Å². The van der Waals surface area contributed by atoms with E-state index in [0.29, 0.717) is 17.9 Å². The van der Waals surface area contributed by atoms with E-state index >= 15 is 0 Å². The zero-order valence-electron chi connectivity index (χ0n) is 12.6. The summed E-state index contributed by atoms with van der Waals surface area (Å²) in [6.07, 6.45) is 1.47. The fourth-order valence-corrected chi connectivity index (χ4v) is 2.65. The SMILES string of the molecule is CC(C)(C)OC(=O)N1CCCC(c2cc(=O)[nH]c(=S)[nH]2)C1. The first kappa shape index (κ1) is 15.8. The Kier molecular flexibility index (Phi) is 4.51. The predicted octanol–water partition coefficient (Wildman–Crippen LogP) is 2.55. The lowest BCUT2D eigenvalue weighted by molar-refractivity contribution is 0.0197. The van der Waals surface area contributed by atoms with Crippen LogP contribution in [-0.2, 0) is 4.74 Å². The van der Waals surface area contributed by atoms with E-state index < -0.39 is 5.60 Å². The Labute approximate surface area is 128 Å². The van der Waals surface area contributed by atoms with Crippen molar-refractivity contribution in [2.24, 2.45) is 0 Å². The van der Waals surface area contributed by atoms with Gasteiger partial charge in [0.1, 0.15) is 5.60 Å². The molecule has 0 radical (unpaired) electrons. The van der Waals surface area contributed by atoms with E-state index in [9.17, 15) is 9.59 Å². The molecule has 2 N–H and O–H groups in total. The largest absolute Gasteiger partial charge is 0.444 e. The molecule has 1 fully saturated rings. The maximum atomic E-state index is 12.1. The summed E-state index contributed by atoms with van der Waals surface area (Å²) in [5.41, 5.74) is 0.0496. The van der Waals surface area contributed by atoms with Crippen molar-refractivity contribution in [2.75, 3.05) is 13.1 Å². The lowest BCUT2D eigenvalue weighted by Gasteiger charge is -2.34. The summed E-state index contributed by atoms with van der Waals surface area (Å²) in [5.74, 6) is 0.0790. The number of likely N-dealkylation sites (tertiary alicyclic amines) is 1. The number of amides is 1. The number of aromatic nitrogens is 2. The van der Waals surface area contributed by atoms with Crippen LogP contribution in [0.1, 0.15) is 45.2 Å². The minimum atomic E-state index is -0.506. The molecular weight excluding hydrogens is 290 g/mol. The second-order valence-electron chi connectivity index (χ2n) is 6.31. The van der Waals surface area contributed by atoms with Crippen molar-refractivity contribution in [1.29, 1.82) is 0 Å². The van der Waals surface area contributed by atoms with Gasteiger partial charge in [0.05, 0.1) is 0 Å². The molecule has 0 aliphatic carbocycles. The summed E-state index contributed by atoms with van der Waals surface area (Å²) in [4.78, 5) is 30.8. The topological polar surface area (TPSA) is 78.2 Å². The Bertz CT molecular complexity index is 601. The summed E-state index contributed by atoms with van der Waals surface area (Å²) >= 11 is 4.99. The van der Waals surface area contributed by atoms with Crippen LogP contribution in [0, 0.1) is 4.77 Å². The highest BCUT2D eigenvalue weighted by atomic mass is 32.1. The van der Waals surface area contributed by atoms with Crippen LogP contribution in [0.2, 0.25) is 0 Å². The van der Waals surface area contributed by atoms with E-state index in [4.69, 9.17) is 17.0 Å². The second-order valence-corrected chi connectivity index (χ2v) is 6.72. The smallest absolute Gasteiger partial charge is 0.410 e. The van der Waals surface area contributed by atoms with Crippen molar-refractivity contribution < 1.29 is 9.53 Å².